The third kappa shape index (κ3) is 5.77. The minimum absolute atomic E-state index is 0.0887. The van der Waals surface area contributed by atoms with Crippen LogP contribution in [0, 0.1) is 20.2 Å². The number of non-ortho nitro benzene ring substituents is 1. The zero-order chi connectivity index (χ0) is 18.1. The van der Waals surface area contributed by atoms with Crippen molar-refractivity contribution in [1.29, 1.82) is 0 Å². The number of aromatic hydroxyl groups is 2. The third-order valence-corrected chi connectivity index (χ3v) is 2.65. The fourth-order valence-corrected chi connectivity index (χ4v) is 1.62. The lowest BCUT2D eigenvalue weighted by atomic mass is 10.2. The first-order chi connectivity index (χ1) is 11.3. The van der Waals surface area contributed by atoms with E-state index in [-0.39, 0.29) is 41.7 Å². The predicted molar refractivity (Wildman–Crippen MR) is 85.1 cm³/mol. The Bertz CT molecular complexity index is 721. The number of hydrogen-bond acceptors (Lipinski definition) is 8. The molecule has 24 heavy (non-hydrogen) atoms. The molecular formula is C14H15N3O7. The van der Waals surface area contributed by atoms with E-state index in [0.717, 1.165) is 12.1 Å². The number of nitrogens with zero attached hydrogens (tertiary/aromatic N) is 2. The average Bonchev–Trinajstić information content (AvgIpc) is 2.54. The van der Waals surface area contributed by atoms with Crippen LogP contribution in [-0.4, -0.2) is 38.3 Å². The van der Waals surface area contributed by atoms with Crippen molar-refractivity contribution in [1.82, 2.24) is 0 Å². The molecule has 0 fully saturated rings. The largest absolute Gasteiger partial charge is 0.508 e. The summed E-state index contributed by atoms with van der Waals surface area (Å²) in [5.74, 6) is -0.250. The maximum absolute atomic E-state index is 10.5. The fraction of sp³-hybridized carbons (Fsp3) is 0.143. The number of phenols is 2. The molecule has 0 saturated heterocycles. The molecule has 0 heterocycles. The molecule has 10 nitrogen and oxygen atoms in total. The van der Waals surface area contributed by atoms with Crippen LogP contribution in [-0.2, 0) is 0 Å². The molecule has 4 N–H and O–H groups in total. The summed E-state index contributed by atoms with van der Waals surface area (Å²) < 4.78 is 0. The Kier molecular flexibility index (Phi) is 6.92. The molecule has 0 radical (unpaired) electrons. The van der Waals surface area contributed by atoms with Crippen molar-refractivity contribution in [3.05, 3.63) is 62.7 Å². The highest BCUT2D eigenvalue weighted by molar-refractivity contribution is 5.63. The van der Waals surface area contributed by atoms with Crippen LogP contribution in [0.1, 0.15) is 0 Å². The summed E-state index contributed by atoms with van der Waals surface area (Å²) in [6, 6.07) is 9.01. The molecule has 0 aliphatic carbocycles. The van der Waals surface area contributed by atoms with Crippen molar-refractivity contribution >= 4 is 17.1 Å². The molecule has 128 valence electrons. The number of nitrogens with one attached hydrogen (secondary N) is 1. The second kappa shape index (κ2) is 8.90. The lowest BCUT2D eigenvalue weighted by molar-refractivity contribution is -0.385. The van der Waals surface area contributed by atoms with Gasteiger partial charge in [-0.2, -0.15) is 0 Å². The molecular weight excluding hydrogens is 322 g/mol. The van der Waals surface area contributed by atoms with Gasteiger partial charge >= 0.3 is 0 Å². The summed E-state index contributed by atoms with van der Waals surface area (Å²) in [5.41, 5.74) is -0.0275. The highest BCUT2D eigenvalue weighted by Gasteiger charge is 2.13. The minimum atomic E-state index is -0.598. The number of hydrogen-bond donors (Lipinski definition) is 4. The third-order valence-electron chi connectivity index (χ3n) is 2.65. The van der Waals surface area contributed by atoms with E-state index in [2.05, 4.69) is 5.32 Å². The summed E-state index contributed by atoms with van der Waals surface area (Å²) in [5, 5.41) is 49.6. The molecule has 2 aromatic rings. The average molecular weight is 337 g/mol. The maximum Gasteiger partial charge on any atom is 0.296 e. The zero-order valence-corrected chi connectivity index (χ0v) is 12.3. The second-order valence-corrected chi connectivity index (χ2v) is 4.39. The Morgan fingerprint density at radius 2 is 1.62 bits per heavy atom. The molecule has 2 aromatic carbocycles. The van der Waals surface area contributed by atoms with Crippen LogP contribution < -0.4 is 5.32 Å². The van der Waals surface area contributed by atoms with Crippen molar-refractivity contribution in [2.75, 3.05) is 18.5 Å². The Morgan fingerprint density at radius 1 is 0.958 bits per heavy atom. The fourth-order valence-electron chi connectivity index (χ4n) is 1.62. The van der Waals surface area contributed by atoms with Gasteiger partial charge < -0.3 is 20.6 Å². The van der Waals surface area contributed by atoms with Crippen molar-refractivity contribution in [3.63, 3.8) is 0 Å². The number of phenolic OH excluding ortho intramolecular Hbond substituents is 2. The standard InChI is InChI=1S/C8H10N2O4.C6H5NO3/c11-4-3-9-7-2-1-6(12)5-8(7)10(13)14;8-6-3-1-2-5(4-6)7(9)10/h1-2,5,9,11-12H,3-4H2;1-4,8H. The van der Waals surface area contributed by atoms with Crippen LogP contribution in [0.4, 0.5) is 17.1 Å². The molecule has 10 heteroatoms. The van der Waals surface area contributed by atoms with Gasteiger partial charge in [0.1, 0.15) is 17.2 Å². The van der Waals surface area contributed by atoms with Crippen LogP contribution in [0.25, 0.3) is 0 Å². The first kappa shape index (κ1) is 18.6. The predicted octanol–water partition coefficient (Wildman–Crippen LogP) is 2.00. The topological polar surface area (TPSA) is 159 Å². The van der Waals surface area contributed by atoms with Gasteiger partial charge in [-0.25, -0.2) is 0 Å². The van der Waals surface area contributed by atoms with Gasteiger partial charge in [0, 0.05) is 12.6 Å². The molecule has 0 aromatic heterocycles. The van der Waals surface area contributed by atoms with Crippen LogP contribution in [0.2, 0.25) is 0 Å². The molecule has 0 aliphatic rings. The second-order valence-electron chi connectivity index (χ2n) is 4.39. The number of anilines is 1. The first-order valence-electron chi connectivity index (χ1n) is 6.60. The minimum Gasteiger partial charge on any atom is -0.508 e. The molecule has 0 saturated carbocycles. The number of nitro groups is 2. The van der Waals surface area contributed by atoms with Gasteiger partial charge in [0.05, 0.1) is 28.6 Å². The van der Waals surface area contributed by atoms with E-state index in [1.165, 1.54) is 30.3 Å². The summed E-state index contributed by atoms with van der Waals surface area (Å²) in [6.07, 6.45) is 0. The van der Waals surface area contributed by atoms with Crippen LogP contribution in [0.3, 0.4) is 0 Å². The molecule has 0 unspecified atom stereocenters. The SMILES string of the molecule is O=[N+]([O-])c1cc(O)ccc1NCCO.O=[N+]([O-])c1cccc(O)c1. The highest BCUT2D eigenvalue weighted by Crippen LogP contribution is 2.27. The summed E-state index contributed by atoms with van der Waals surface area (Å²) in [6.45, 7) is 0.115. The maximum atomic E-state index is 10.5. The van der Waals surface area contributed by atoms with Gasteiger partial charge in [-0.15, -0.1) is 0 Å². The molecule has 0 bridgehead atoms. The number of nitro benzene ring substituents is 2. The Labute approximate surface area is 135 Å². The monoisotopic (exact) mass is 337 g/mol. The summed E-state index contributed by atoms with van der Waals surface area (Å²) in [4.78, 5) is 19.4. The van der Waals surface area contributed by atoms with Crippen molar-refractivity contribution in [2.24, 2.45) is 0 Å². The van der Waals surface area contributed by atoms with Gasteiger partial charge in [0.15, 0.2) is 0 Å². The van der Waals surface area contributed by atoms with E-state index in [9.17, 15) is 20.2 Å². The number of benzene rings is 2. The zero-order valence-electron chi connectivity index (χ0n) is 12.3. The molecule has 0 aliphatic heterocycles. The van der Waals surface area contributed by atoms with E-state index in [1.807, 2.05) is 0 Å². The Morgan fingerprint density at radius 3 is 2.12 bits per heavy atom. The van der Waals surface area contributed by atoms with E-state index < -0.39 is 9.85 Å². The van der Waals surface area contributed by atoms with Crippen molar-refractivity contribution in [3.8, 4) is 11.5 Å². The van der Waals surface area contributed by atoms with E-state index >= 15 is 0 Å². The number of aliphatic hydroxyl groups is 1. The van der Waals surface area contributed by atoms with E-state index in [0.29, 0.717) is 0 Å². The van der Waals surface area contributed by atoms with Crippen molar-refractivity contribution < 1.29 is 25.2 Å². The van der Waals surface area contributed by atoms with E-state index in [1.54, 1.807) is 0 Å². The lowest BCUT2D eigenvalue weighted by Gasteiger charge is -2.04. The first-order valence-corrected chi connectivity index (χ1v) is 6.60. The van der Waals surface area contributed by atoms with Crippen LogP contribution in [0.5, 0.6) is 11.5 Å². The molecule has 0 atom stereocenters. The normalized spacial score (nSPS) is 9.54. The quantitative estimate of drug-likeness (QED) is 0.366. The number of aliphatic hydroxyl groups excluding tert-OH is 1. The smallest absolute Gasteiger partial charge is 0.296 e. The van der Waals surface area contributed by atoms with Gasteiger partial charge in [0.25, 0.3) is 11.4 Å². The molecule has 0 spiro atoms. The Balaban J connectivity index is 0.000000254. The lowest BCUT2D eigenvalue weighted by Crippen LogP contribution is -2.07. The highest BCUT2D eigenvalue weighted by atomic mass is 16.6. The Hall–Kier alpha value is -3.40. The van der Waals surface area contributed by atoms with Gasteiger partial charge in [-0.05, 0) is 18.2 Å². The van der Waals surface area contributed by atoms with Crippen LogP contribution in [0.15, 0.2) is 42.5 Å². The van der Waals surface area contributed by atoms with Gasteiger partial charge in [-0.1, -0.05) is 6.07 Å². The van der Waals surface area contributed by atoms with Gasteiger partial charge in [0.2, 0.25) is 0 Å². The van der Waals surface area contributed by atoms with Gasteiger partial charge in [-0.3, -0.25) is 20.2 Å². The molecule has 2 rings (SSSR count). The van der Waals surface area contributed by atoms with Crippen LogP contribution >= 0.6 is 0 Å². The van der Waals surface area contributed by atoms with Crippen molar-refractivity contribution in [2.45, 2.75) is 0 Å². The van der Waals surface area contributed by atoms with E-state index in [4.69, 9.17) is 15.3 Å². The molecule has 0 amide bonds. The summed E-state index contributed by atoms with van der Waals surface area (Å²) in [7, 11) is 0. The summed E-state index contributed by atoms with van der Waals surface area (Å²) >= 11 is 0. The number of rotatable bonds is 5.